The van der Waals surface area contributed by atoms with Gasteiger partial charge in [-0.05, 0) is 44.2 Å². The van der Waals surface area contributed by atoms with E-state index in [1.807, 2.05) is 0 Å². The normalized spacial score (nSPS) is 40.7. The Hall–Kier alpha value is -1.16. The third-order valence-corrected chi connectivity index (χ3v) is 5.40. The number of rotatable bonds is 3. The number of nitrogens with zero attached hydrogens (tertiary/aromatic N) is 2. The van der Waals surface area contributed by atoms with Gasteiger partial charge in [0, 0.05) is 13.1 Å². The van der Waals surface area contributed by atoms with Crippen molar-refractivity contribution in [3.05, 3.63) is 12.2 Å². The second-order valence-corrected chi connectivity index (χ2v) is 6.38. The molecule has 2 bridgehead atoms. The van der Waals surface area contributed by atoms with E-state index in [0.717, 1.165) is 26.1 Å². The summed E-state index contributed by atoms with van der Waals surface area (Å²) in [6, 6.07) is 0. The molecule has 4 heteroatoms. The van der Waals surface area contributed by atoms with Crippen molar-refractivity contribution < 1.29 is 9.59 Å². The molecule has 0 radical (unpaired) electrons. The van der Waals surface area contributed by atoms with Gasteiger partial charge in [-0.3, -0.25) is 14.5 Å². The molecule has 2 saturated heterocycles. The van der Waals surface area contributed by atoms with E-state index in [9.17, 15) is 9.59 Å². The minimum absolute atomic E-state index is 0.0268. The van der Waals surface area contributed by atoms with E-state index in [4.69, 9.17) is 0 Å². The lowest BCUT2D eigenvalue weighted by atomic mass is 9.85. The molecule has 0 aromatic carbocycles. The molecule has 1 saturated carbocycles. The van der Waals surface area contributed by atoms with Gasteiger partial charge in [0.15, 0.2) is 0 Å². The van der Waals surface area contributed by atoms with E-state index in [1.54, 1.807) is 4.90 Å². The summed E-state index contributed by atoms with van der Waals surface area (Å²) in [5, 5.41) is 0. The molecule has 3 fully saturated rings. The number of carbonyl (C=O) groups excluding carboxylic acids is 2. The monoisotopic (exact) mass is 260 g/mol. The van der Waals surface area contributed by atoms with E-state index in [1.165, 1.54) is 12.8 Å². The molecular weight excluding hydrogens is 240 g/mol. The number of likely N-dealkylation sites (tertiary alicyclic amines) is 2. The highest BCUT2D eigenvalue weighted by molar-refractivity contribution is 6.06. The number of fused-ring (bicyclic) bond motifs is 5. The summed E-state index contributed by atoms with van der Waals surface area (Å²) < 4.78 is 0. The van der Waals surface area contributed by atoms with Crippen LogP contribution >= 0.6 is 0 Å². The van der Waals surface area contributed by atoms with Crippen LogP contribution in [0, 0.1) is 23.7 Å². The minimum atomic E-state index is -0.0268. The molecule has 2 heterocycles. The third-order valence-electron chi connectivity index (χ3n) is 5.40. The molecule has 4 nitrogen and oxygen atoms in total. The zero-order valence-electron chi connectivity index (χ0n) is 11.1. The minimum Gasteiger partial charge on any atom is -0.302 e. The fourth-order valence-corrected chi connectivity index (χ4v) is 4.43. The Morgan fingerprint density at radius 1 is 0.947 bits per heavy atom. The number of imide groups is 1. The number of amides is 2. The van der Waals surface area contributed by atoms with Crippen molar-refractivity contribution in [1.29, 1.82) is 0 Å². The Labute approximate surface area is 113 Å². The largest absolute Gasteiger partial charge is 0.302 e. The van der Waals surface area contributed by atoms with Gasteiger partial charge in [-0.2, -0.15) is 0 Å². The topological polar surface area (TPSA) is 40.6 Å². The lowest BCUT2D eigenvalue weighted by Gasteiger charge is -2.21. The molecule has 2 aliphatic heterocycles. The van der Waals surface area contributed by atoms with Crippen LogP contribution < -0.4 is 0 Å². The summed E-state index contributed by atoms with van der Waals surface area (Å²) in [5.41, 5.74) is 0. The van der Waals surface area contributed by atoms with Crippen LogP contribution in [0.15, 0.2) is 12.2 Å². The summed E-state index contributed by atoms with van der Waals surface area (Å²) in [6.45, 7) is 3.70. The van der Waals surface area contributed by atoms with Crippen molar-refractivity contribution >= 4 is 11.8 Å². The van der Waals surface area contributed by atoms with Crippen LogP contribution in [-0.4, -0.2) is 47.8 Å². The van der Waals surface area contributed by atoms with Crippen LogP contribution in [0.3, 0.4) is 0 Å². The molecule has 102 valence electrons. The first-order valence-electron chi connectivity index (χ1n) is 7.51. The van der Waals surface area contributed by atoms with Gasteiger partial charge in [0.05, 0.1) is 11.8 Å². The molecule has 2 aliphatic carbocycles. The Balaban J connectivity index is 1.46. The van der Waals surface area contributed by atoms with Gasteiger partial charge in [-0.25, -0.2) is 0 Å². The van der Waals surface area contributed by atoms with E-state index >= 15 is 0 Å². The molecule has 0 aromatic rings. The molecule has 0 unspecified atom stereocenters. The molecule has 19 heavy (non-hydrogen) atoms. The zero-order valence-corrected chi connectivity index (χ0v) is 11.1. The van der Waals surface area contributed by atoms with Crippen molar-refractivity contribution in [2.24, 2.45) is 23.7 Å². The van der Waals surface area contributed by atoms with Crippen LogP contribution in [0.5, 0.6) is 0 Å². The Kier molecular flexibility index (Phi) is 2.56. The molecule has 0 spiro atoms. The first-order chi connectivity index (χ1) is 9.25. The van der Waals surface area contributed by atoms with Gasteiger partial charge in [-0.15, -0.1) is 0 Å². The van der Waals surface area contributed by atoms with Gasteiger partial charge in [0.1, 0.15) is 0 Å². The Morgan fingerprint density at radius 3 is 2.11 bits per heavy atom. The fraction of sp³-hybridized carbons (Fsp3) is 0.733. The predicted octanol–water partition coefficient (Wildman–Crippen LogP) is 0.889. The van der Waals surface area contributed by atoms with Crippen molar-refractivity contribution in [2.45, 2.75) is 19.3 Å². The average molecular weight is 260 g/mol. The Morgan fingerprint density at radius 2 is 1.53 bits per heavy atom. The summed E-state index contributed by atoms with van der Waals surface area (Å²) in [6.07, 6.45) is 7.83. The molecule has 0 aromatic heterocycles. The molecule has 4 aliphatic rings. The lowest BCUT2D eigenvalue weighted by Crippen LogP contribution is -2.39. The van der Waals surface area contributed by atoms with Crippen molar-refractivity contribution in [1.82, 2.24) is 9.80 Å². The summed E-state index contributed by atoms with van der Waals surface area (Å²) in [5.74, 6) is 0.825. The van der Waals surface area contributed by atoms with E-state index in [0.29, 0.717) is 18.4 Å². The van der Waals surface area contributed by atoms with Crippen LogP contribution in [0.1, 0.15) is 19.3 Å². The van der Waals surface area contributed by atoms with Crippen LogP contribution in [0.25, 0.3) is 0 Å². The highest BCUT2D eigenvalue weighted by Gasteiger charge is 2.58. The predicted molar refractivity (Wildman–Crippen MR) is 70.1 cm³/mol. The molecular formula is C15H20N2O2. The summed E-state index contributed by atoms with van der Waals surface area (Å²) >= 11 is 0. The smallest absolute Gasteiger partial charge is 0.233 e. The van der Waals surface area contributed by atoms with Gasteiger partial charge in [0.25, 0.3) is 0 Å². The summed E-state index contributed by atoms with van der Waals surface area (Å²) in [4.78, 5) is 28.8. The van der Waals surface area contributed by atoms with E-state index < -0.39 is 0 Å². The molecule has 0 N–H and O–H groups in total. The second kappa shape index (κ2) is 4.17. The average Bonchev–Trinajstić information content (AvgIpc) is 3.14. The number of hydrogen-bond acceptors (Lipinski definition) is 3. The first-order valence-corrected chi connectivity index (χ1v) is 7.51. The number of hydrogen-bond donors (Lipinski definition) is 0. The maximum atomic E-state index is 12.4. The molecule has 2 amide bonds. The molecule has 4 rings (SSSR count). The Bertz CT molecular complexity index is 423. The van der Waals surface area contributed by atoms with Gasteiger partial charge in [-0.1, -0.05) is 12.2 Å². The van der Waals surface area contributed by atoms with Crippen molar-refractivity contribution in [2.75, 3.05) is 26.2 Å². The van der Waals surface area contributed by atoms with Crippen molar-refractivity contribution in [3.63, 3.8) is 0 Å². The highest BCUT2D eigenvalue weighted by atomic mass is 16.2. The van der Waals surface area contributed by atoms with E-state index in [2.05, 4.69) is 17.1 Å². The summed E-state index contributed by atoms with van der Waals surface area (Å²) in [7, 11) is 0. The highest BCUT2D eigenvalue weighted by Crippen LogP contribution is 2.52. The van der Waals surface area contributed by atoms with Crippen molar-refractivity contribution in [3.8, 4) is 0 Å². The van der Waals surface area contributed by atoms with Crippen LogP contribution in [-0.2, 0) is 9.59 Å². The first kappa shape index (κ1) is 11.6. The maximum absolute atomic E-state index is 12.4. The van der Waals surface area contributed by atoms with Gasteiger partial charge in [0.2, 0.25) is 11.8 Å². The van der Waals surface area contributed by atoms with Gasteiger partial charge >= 0.3 is 0 Å². The van der Waals surface area contributed by atoms with Gasteiger partial charge < -0.3 is 4.90 Å². The molecule has 4 atom stereocenters. The third kappa shape index (κ3) is 1.62. The fourth-order valence-electron chi connectivity index (χ4n) is 4.43. The SMILES string of the molecule is O=C1[C@H]2[C@H](C(=O)N1CCN1CCCC1)[C@H]1C=C[C@H]2C1. The number of carbonyl (C=O) groups is 2. The van der Waals surface area contributed by atoms with Crippen LogP contribution in [0.4, 0.5) is 0 Å². The van der Waals surface area contributed by atoms with Crippen LogP contribution in [0.2, 0.25) is 0 Å². The lowest BCUT2D eigenvalue weighted by molar-refractivity contribution is -0.140. The number of allylic oxidation sites excluding steroid dienone is 2. The standard InChI is InChI=1S/C15H20N2O2/c18-14-12-10-3-4-11(9-10)13(12)15(19)17(14)8-7-16-5-1-2-6-16/h3-4,10-13H,1-2,5-9H2/t10-,11-,12+,13+/m0/s1. The maximum Gasteiger partial charge on any atom is 0.233 e. The quantitative estimate of drug-likeness (QED) is 0.559. The second-order valence-electron chi connectivity index (χ2n) is 6.38. The zero-order chi connectivity index (χ0) is 13.0. The van der Waals surface area contributed by atoms with E-state index in [-0.39, 0.29) is 23.7 Å².